The molecular weight excluding hydrogens is 318 g/mol. The van der Waals surface area contributed by atoms with E-state index in [1.807, 2.05) is 6.07 Å². The first-order chi connectivity index (χ1) is 9.28. The molecular formula is C16H26BrNO2. The van der Waals surface area contributed by atoms with Crippen molar-refractivity contribution in [3.63, 3.8) is 0 Å². The fourth-order valence-corrected chi connectivity index (χ4v) is 2.76. The van der Waals surface area contributed by atoms with Crippen molar-refractivity contribution in [1.82, 2.24) is 5.32 Å². The van der Waals surface area contributed by atoms with Crippen molar-refractivity contribution in [2.75, 3.05) is 20.8 Å². The second-order valence-corrected chi connectivity index (χ2v) is 7.01. The Morgan fingerprint density at radius 2 is 1.85 bits per heavy atom. The van der Waals surface area contributed by atoms with E-state index < -0.39 is 0 Å². The zero-order valence-electron chi connectivity index (χ0n) is 13.3. The molecule has 0 saturated carbocycles. The molecule has 1 unspecified atom stereocenters. The van der Waals surface area contributed by atoms with Crippen LogP contribution in [0.2, 0.25) is 0 Å². The number of halogens is 1. The summed E-state index contributed by atoms with van der Waals surface area (Å²) in [5.74, 6) is 2.20. The van der Waals surface area contributed by atoms with E-state index in [4.69, 9.17) is 9.47 Å². The first kappa shape index (κ1) is 17.3. The minimum Gasteiger partial charge on any atom is -0.495 e. The van der Waals surface area contributed by atoms with E-state index in [9.17, 15) is 0 Å². The maximum absolute atomic E-state index is 5.52. The topological polar surface area (TPSA) is 30.5 Å². The zero-order valence-corrected chi connectivity index (χ0v) is 14.9. The molecule has 0 heterocycles. The Hall–Kier alpha value is -0.740. The quantitative estimate of drug-likeness (QED) is 0.845. The molecule has 1 aromatic carbocycles. The molecule has 0 aliphatic rings. The molecule has 3 nitrogen and oxygen atoms in total. The molecule has 4 heteroatoms. The molecule has 0 aliphatic carbocycles. The highest BCUT2D eigenvalue weighted by molar-refractivity contribution is 9.10. The van der Waals surface area contributed by atoms with Gasteiger partial charge >= 0.3 is 0 Å². The molecule has 0 radical (unpaired) electrons. The third-order valence-corrected chi connectivity index (χ3v) is 3.87. The van der Waals surface area contributed by atoms with Crippen LogP contribution in [-0.2, 0) is 6.42 Å². The lowest BCUT2D eigenvalue weighted by molar-refractivity contribution is 0.369. The predicted octanol–water partition coefficient (Wildman–Crippen LogP) is 4.03. The molecule has 1 rings (SSSR count). The SMILES string of the molecule is COc1ccc(CC(C)CNC(C)(C)C)c(OC)c1Br. The van der Waals surface area contributed by atoms with Crippen LogP contribution in [0.4, 0.5) is 0 Å². The Kier molecular flexibility index (Phi) is 6.34. The monoisotopic (exact) mass is 343 g/mol. The minimum absolute atomic E-state index is 0.152. The average Bonchev–Trinajstić information content (AvgIpc) is 2.36. The van der Waals surface area contributed by atoms with Gasteiger partial charge in [0, 0.05) is 5.54 Å². The van der Waals surface area contributed by atoms with E-state index >= 15 is 0 Å². The molecule has 1 N–H and O–H groups in total. The van der Waals surface area contributed by atoms with Crippen LogP contribution in [0.3, 0.4) is 0 Å². The molecule has 1 atom stereocenters. The zero-order chi connectivity index (χ0) is 15.3. The highest BCUT2D eigenvalue weighted by Gasteiger charge is 2.16. The molecule has 0 spiro atoms. The van der Waals surface area contributed by atoms with E-state index in [0.29, 0.717) is 5.92 Å². The van der Waals surface area contributed by atoms with Crippen LogP contribution in [-0.4, -0.2) is 26.3 Å². The van der Waals surface area contributed by atoms with Gasteiger partial charge in [-0.05, 0) is 67.2 Å². The second kappa shape index (κ2) is 7.32. The summed E-state index contributed by atoms with van der Waals surface area (Å²) in [7, 11) is 3.36. The van der Waals surface area contributed by atoms with Gasteiger partial charge < -0.3 is 14.8 Å². The predicted molar refractivity (Wildman–Crippen MR) is 87.9 cm³/mol. The number of methoxy groups -OCH3 is 2. The molecule has 1 aromatic rings. The van der Waals surface area contributed by atoms with Gasteiger partial charge in [-0.25, -0.2) is 0 Å². The largest absolute Gasteiger partial charge is 0.495 e. The van der Waals surface area contributed by atoms with Crippen molar-refractivity contribution in [3.8, 4) is 11.5 Å². The lowest BCUT2D eigenvalue weighted by atomic mass is 9.98. The van der Waals surface area contributed by atoms with Crippen LogP contribution in [0, 0.1) is 5.92 Å². The maximum atomic E-state index is 5.52. The van der Waals surface area contributed by atoms with Crippen molar-refractivity contribution in [1.29, 1.82) is 0 Å². The number of nitrogens with one attached hydrogen (secondary N) is 1. The third kappa shape index (κ3) is 4.98. The van der Waals surface area contributed by atoms with E-state index in [1.165, 1.54) is 5.56 Å². The minimum atomic E-state index is 0.152. The van der Waals surface area contributed by atoms with Gasteiger partial charge in [-0.15, -0.1) is 0 Å². The van der Waals surface area contributed by atoms with Crippen molar-refractivity contribution in [2.45, 2.75) is 39.7 Å². The summed E-state index contributed by atoms with van der Waals surface area (Å²) in [4.78, 5) is 0. The summed E-state index contributed by atoms with van der Waals surface area (Å²) >= 11 is 3.55. The smallest absolute Gasteiger partial charge is 0.140 e. The van der Waals surface area contributed by atoms with Crippen molar-refractivity contribution >= 4 is 15.9 Å². The van der Waals surface area contributed by atoms with Gasteiger partial charge in [0.25, 0.3) is 0 Å². The van der Waals surface area contributed by atoms with E-state index in [1.54, 1.807) is 14.2 Å². The number of ether oxygens (including phenoxy) is 2. The average molecular weight is 344 g/mol. The Morgan fingerprint density at radius 1 is 1.20 bits per heavy atom. The van der Waals surface area contributed by atoms with Gasteiger partial charge in [-0.1, -0.05) is 13.0 Å². The van der Waals surface area contributed by atoms with Crippen LogP contribution >= 0.6 is 15.9 Å². The first-order valence-corrected chi connectivity index (χ1v) is 7.72. The third-order valence-electron chi connectivity index (χ3n) is 3.12. The van der Waals surface area contributed by atoms with Crippen LogP contribution in [0.5, 0.6) is 11.5 Å². The summed E-state index contributed by atoms with van der Waals surface area (Å²) in [6.07, 6.45) is 0.967. The summed E-state index contributed by atoms with van der Waals surface area (Å²) in [5, 5.41) is 3.54. The fourth-order valence-electron chi connectivity index (χ4n) is 2.05. The summed E-state index contributed by atoms with van der Waals surface area (Å²) in [6.45, 7) is 9.78. The van der Waals surface area contributed by atoms with Crippen molar-refractivity contribution in [2.24, 2.45) is 5.92 Å². The summed E-state index contributed by atoms with van der Waals surface area (Å²) in [5.41, 5.74) is 1.35. The number of hydrogen-bond acceptors (Lipinski definition) is 3. The molecule has 0 fully saturated rings. The maximum Gasteiger partial charge on any atom is 0.140 e. The van der Waals surface area contributed by atoms with E-state index in [0.717, 1.165) is 28.9 Å². The normalized spacial score (nSPS) is 13.2. The molecule has 114 valence electrons. The van der Waals surface area contributed by atoms with Crippen molar-refractivity contribution in [3.05, 3.63) is 22.2 Å². The Balaban J connectivity index is 2.79. The lowest BCUT2D eigenvalue weighted by Gasteiger charge is -2.24. The summed E-state index contributed by atoms with van der Waals surface area (Å²) in [6, 6.07) is 4.06. The Morgan fingerprint density at radius 3 is 2.35 bits per heavy atom. The van der Waals surface area contributed by atoms with Gasteiger partial charge in [-0.3, -0.25) is 0 Å². The second-order valence-electron chi connectivity index (χ2n) is 6.21. The van der Waals surface area contributed by atoms with Crippen LogP contribution in [0.15, 0.2) is 16.6 Å². The number of rotatable bonds is 6. The Labute approximate surface area is 131 Å². The summed E-state index contributed by atoms with van der Waals surface area (Å²) < 4.78 is 11.7. The molecule has 0 saturated heterocycles. The first-order valence-electron chi connectivity index (χ1n) is 6.93. The highest BCUT2D eigenvalue weighted by Crippen LogP contribution is 2.37. The van der Waals surface area contributed by atoms with Gasteiger partial charge in [-0.2, -0.15) is 0 Å². The molecule has 0 aromatic heterocycles. The van der Waals surface area contributed by atoms with Gasteiger partial charge in [0.15, 0.2) is 0 Å². The van der Waals surface area contributed by atoms with Crippen molar-refractivity contribution < 1.29 is 9.47 Å². The van der Waals surface area contributed by atoms with Crippen LogP contribution < -0.4 is 14.8 Å². The van der Waals surface area contributed by atoms with E-state index in [2.05, 4.69) is 55.0 Å². The number of hydrogen-bond donors (Lipinski definition) is 1. The lowest BCUT2D eigenvalue weighted by Crippen LogP contribution is -2.39. The standard InChI is InChI=1S/C16H26BrNO2/c1-11(10-18-16(2,3)4)9-12-7-8-13(19-5)14(17)15(12)20-6/h7-8,11,18H,9-10H2,1-6H3. The van der Waals surface area contributed by atoms with Gasteiger partial charge in [0.2, 0.25) is 0 Å². The molecule has 0 bridgehead atoms. The van der Waals surface area contributed by atoms with Crippen LogP contribution in [0.1, 0.15) is 33.3 Å². The molecule has 20 heavy (non-hydrogen) atoms. The van der Waals surface area contributed by atoms with Gasteiger partial charge in [0.1, 0.15) is 16.0 Å². The van der Waals surface area contributed by atoms with E-state index in [-0.39, 0.29) is 5.54 Å². The van der Waals surface area contributed by atoms with Gasteiger partial charge in [0.05, 0.1) is 14.2 Å². The van der Waals surface area contributed by atoms with Crippen LogP contribution in [0.25, 0.3) is 0 Å². The highest BCUT2D eigenvalue weighted by atomic mass is 79.9. The molecule has 0 aliphatic heterocycles. The fraction of sp³-hybridized carbons (Fsp3) is 0.625. The molecule has 0 amide bonds. The number of benzene rings is 1. The Bertz CT molecular complexity index is 441.